The minimum atomic E-state index is -4.08. The van der Waals surface area contributed by atoms with E-state index in [1.807, 2.05) is 133 Å². The van der Waals surface area contributed by atoms with Gasteiger partial charge in [0.05, 0.1) is 46.9 Å². The van der Waals surface area contributed by atoms with E-state index in [-0.39, 0.29) is 60.2 Å². The highest BCUT2D eigenvalue weighted by Crippen LogP contribution is 2.56. The van der Waals surface area contributed by atoms with Gasteiger partial charge in [0.15, 0.2) is 11.3 Å². The van der Waals surface area contributed by atoms with Crippen molar-refractivity contribution in [3.63, 3.8) is 0 Å². The van der Waals surface area contributed by atoms with E-state index in [2.05, 4.69) is 28.1 Å². The number of Topliss-reactive ketones (excluding diaryl/α,β-unsaturated/α-hetero) is 1. The first-order valence-corrected chi connectivity index (χ1v) is 27.6. The predicted octanol–water partition coefficient (Wildman–Crippen LogP) is 9.44. The molecule has 8 aromatic carbocycles. The van der Waals surface area contributed by atoms with E-state index >= 15 is 4.79 Å². The fourth-order valence-corrected chi connectivity index (χ4v) is 12.8. The molecule has 6 N–H and O–H groups in total. The maximum Gasteiger partial charge on any atom is 0.264 e. The van der Waals surface area contributed by atoms with Crippen LogP contribution in [0.15, 0.2) is 156 Å². The third-order valence-electron chi connectivity index (χ3n) is 14.9. The van der Waals surface area contributed by atoms with Gasteiger partial charge >= 0.3 is 0 Å². The van der Waals surface area contributed by atoms with Crippen LogP contribution < -0.4 is 36.0 Å². The summed E-state index contributed by atoms with van der Waals surface area (Å²) in [5, 5.41) is 28.6. The molecule has 74 heavy (non-hydrogen) atoms. The van der Waals surface area contributed by atoms with Crippen molar-refractivity contribution in [3.05, 3.63) is 190 Å². The third-order valence-corrected chi connectivity index (χ3v) is 16.5. The number of carbonyl (C=O) groups is 1. The number of ketones is 1. The molecule has 2 unspecified atom stereocenters. The second-order valence-corrected chi connectivity index (χ2v) is 22.5. The zero-order valence-corrected chi connectivity index (χ0v) is 41.1. The lowest BCUT2D eigenvalue weighted by atomic mass is 9.79. The van der Waals surface area contributed by atoms with Crippen molar-refractivity contribution in [2.45, 2.75) is 37.0 Å². The predicted molar refractivity (Wildman–Crippen MR) is 285 cm³/mol. The molecule has 16 heteroatoms. The second-order valence-electron chi connectivity index (χ2n) is 19.3. The highest BCUT2D eigenvalue weighted by Gasteiger charge is 2.49. The maximum absolute atomic E-state index is 15.2. The summed E-state index contributed by atoms with van der Waals surface area (Å²) in [5.41, 5.74) is 8.32. The number of carbonyl (C=O) groups excluding carboxylic acids is 1. The van der Waals surface area contributed by atoms with E-state index in [1.54, 1.807) is 0 Å². The zero-order valence-electron chi connectivity index (χ0n) is 39.5. The van der Waals surface area contributed by atoms with Crippen LogP contribution in [0.5, 0.6) is 11.5 Å². The van der Waals surface area contributed by atoms with E-state index in [4.69, 9.17) is 14.5 Å². The van der Waals surface area contributed by atoms with E-state index in [1.165, 1.54) is 0 Å². The Balaban J connectivity index is 0.936. The molecular formula is C58H46N4O10S2. The van der Waals surface area contributed by atoms with E-state index < -0.39 is 31.6 Å². The van der Waals surface area contributed by atoms with Crippen molar-refractivity contribution in [3.8, 4) is 33.8 Å². The van der Waals surface area contributed by atoms with E-state index in [0.29, 0.717) is 46.2 Å². The molecule has 0 amide bonds. The Hall–Kier alpha value is -8.02. The second kappa shape index (κ2) is 16.8. The first-order valence-electron chi connectivity index (χ1n) is 24.4. The number of nitrogens with one attached hydrogen (secondary N) is 3. The normalized spacial score (nSPS) is 19.2. The highest BCUT2D eigenvalue weighted by molar-refractivity contribution is 7.86. The van der Waals surface area contributed by atoms with Crippen molar-refractivity contribution in [2.75, 3.05) is 40.7 Å². The van der Waals surface area contributed by atoms with Gasteiger partial charge in [0.25, 0.3) is 20.2 Å². The standard InChI is InChI=1S/C58H46N4O10S2/c63-55-51(41-23-19-33-11-9-17-47-49(33)53(41)61-57(59-47)43-15-3-1-13-37(43)39-25-21-35(31-45(39)57)71-27-5-7-29-73(65,66)67)56(64)52(55)42-24-20-34-12-10-18-48-50(34)54(42)62-58(60-48)44-16-4-2-14-38(44)40-26-22-36(32-46(40)58)72-28-6-8-30-74(68,69)70/h1-4,9-26,31-32,59-61,63H,5-8,27-30H2,(H,65,66,67)(H,68,69,70)/b52-42-. The van der Waals surface area contributed by atoms with Gasteiger partial charge in [-0.2, -0.15) is 16.8 Å². The highest BCUT2D eigenvalue weighted by atomic mass is 32.2. The number of ether oxygens (including phenoxy) is 2. The summed E-state index contributed by atoms with van der Waals surface area (Å²) in [7, 11) is -8.16. The number of hydrogen-bond donors (Lipinski definition) is 6. The summed E-state index contributed by atoms with van der Waals surface area (Å²) < 4.78 is 76.1. The number of nitrogens with zero attached hydrogens (tertiary/aromatic N) is 1. The molecule has 0 bridgehead atoms. The summed E-state index contributed by atoms with van der Waals surface area (Å²) >= 11 is 0. The van der Waals surface area contributed by atoms with Gasteiger partial charge in [-0.25, -0.2) is 4.99 Å². The van der Waals surface area contributed by atoms with Crippen LogP contribution in [-0.4, -0.2) is 61.6 Å². The summed E-state index contributed by atoms with van der Waals surface area (Å²) in [4.78, 5) is 20.8. The molecular weight excluding hydrogens is 977 g/mol. The van der Waals surface area contributed by atoms with E-state index in [0.717, 1.165) is 77.4 Å². The summed E-state index contributed by atoms with van der Waals surface area (Å²) in [6.07, 6.45) is 1.32. The van der Waals surface area contributed by atoms with Crippen molar-refractivity contribution in [2.24, 2.45) is 4.99 Å². The van der Waals surface area contributed by atoms with Gasteiger partial charge in [0.1, 0.15) is 17.3 Å². The third kappa shape index (κ3) is 7.18. The monoisotopic (exact) mass is 1020 g/mol. The Morgan fingerprint density at radius 1 is 0.514 bits per heavy atom. The number of unbranched alkanes of at least 4 members (excludes halogenated alkanes) is 2. The number of rotatable bonds is 13. The number of anilines is 3. The summed E-state index contributed by atoms with van der Waals surface area (Å²) in [6, 6.07) is 47.4. The van der Waals surface area contributed by atoms with Crippen LogP contribution in [0, 0.1) is 0 Å². The number of hydrogen-bond acceptors (Lipinski definition) is 12. The Bertz CT molecular complexity index is 4200. The fraction of sp³-hybridized carbons (Fsp3) is 0.172. The van der Waals surface area contributed by atoms with Gasteiger partial charge in [0, 0.05) is 55.2 Å². The smallest absolute Gasteiger partial charge is 0.264 e. The Kier molecular flexibility index (Phi) is 10.4. The van der Waals surface area contributed by atoms with Crippen LogP contribution in [0.4, 0.5) is 17.1 Å². The first-order chi connectivity index (χ1) is 35.7. The van der Waals surface area contributed by atoms with Crippen LogP contribution in [0.3, 0.4) is 0 Å². The number of fused-ring (bicyclic) bond motifs is 10. The van der Waals surface area contributed by atoms with Gasteiger partial charge in [-0.3, -0.25) is 13.9 Å². The van der Waals surface area contributed by atoms with Crippen LogP contribution in [0.2, 0.25) is 0 Å². The van der Waals surface area contributed by atoms with Gasteiger partial charge in [0.2, 0.25) is 5.78 Å². The molecule has 8 aromatic rings. The van der Waals surface area contributed by atoms with Crippen molar-refractivity contribution >= 4 is 75.8 Å². The quantitative estimate of drug-likeness (QED) is 0.0470. The van der Waals surface area contributed by atoms with Crippen molar-refractivity contribution in [1.82, 2.24) is 0 Å². The summed E-state index contributed by atoms with van der Waals surface area (Å²) in [5.74, 6) is -0.0463. The molecule has 2 heterocycles. The first kappa shape index (κ1) is 45.8. The molecule has 0 saturated heterocycles. The lowest BCUT2D eigenvalue weighted by Crippen LogP contribution is -2.45. The molecule has 0 saturated carbocycles. The van der Waals surface area contributed by atoms with Crippen molar-refractivity contribution in [1.29, 1.82) is 0 Å². The van der Waals surface area contributed by atoms with Crippen LogP contribution >= 0.6 is 0 Å². The molecule has 0 fully saturated rings. The van der Waals surface area contributed by atoms with E-state index in [9.17, 15) is 31.0 Å². The molecule has 0 aromatic heterocycles. The minimum Gasteiger partial charge on any atom is -0.506 e. The van der Waals surface area contributed by atoms with Gasteiger partial charge in [-0.05, 0) is 95.1 Å². The Labute approximate surface area is 425 Å². The fourth-order valence-electron chi connectivity index (χ4n) is 11.7. The molecule has 3 aliphatic carbocycles. The lowest BCUT2D eigenvalue weighted by molar-refractivity contribution is -0.109. The average molecular weight is 1020 g/mol. The molecule has 13 rings (SSSR count). The maximum atomic E-state index is 15.2. The molecule has 14 nitrogen and oxygen atoms in total. The van der Waals surface area contributed by atoms with Crippen molar-refractivity contribution < 1.29 is 45.3 Å². The van der Waals surface area contributed by atoms with Gasteiger partial charge < -0.3 is 30.5 Å². The van der Waals surface area contributed by atoms with Gasteiger partial charge in [-0.1, -0.05) is 109 Å². The number of aliphatic hydroxyl groups excluding tert-OH is 1. The zero-order chi connectivity index (χ0) is 50.7. The Morgan fingerprint density at radius 3 is 1.73 bits per heavy atom. The topological polar surface area (TPSA) is 213 Å². The molecule has 0 radical (unpaired) electrons. The number of benzene rings is 8. The molecule has 5 aliphatic rings. The largest absolute Gasteiger partial charge is 0.506 e. The molecule has 2 atom stereocenters. The number of allylic oxidation sites excluding steroid dienone is 2. The Morgan fingerprint density at radius 2 is 1.07 bits per heavy atom. The molecule has 2 spiro atoms. The SMILES string of the molecule is O=C1C(c2ccc3cccc4c3c2NC2(N4)c3ccccc3-c3ccc(OCCCCS(=O)(=O)O)cc32)=C(O)/C1=c1\ccc2cccc3c2c1=NC1(N3)c2ccccc2-c2ccc(OCCCCS(=O)(=O)O)cc21. The molecule has 370 valence electrons. The van der Waals surface area contributed by atoms with Crippen LogP contribution in [0.1, 0.15) is 53.5 Å². The van der Waals surface area contributed by atoms with Crippen LogP contribution in [0.25, 0.3) is 54.9 Å². The summed E-state index contributed by atoms with van der Waals surface area (Å²) in [6.45, 7) is 0.470. The average Bonchev–Trinajstić information content (AvgIpc) is 3.82. The molecule has 2 aliphatic heterocycles. The number of aliphatic hydroxyl groups is 1. The van der Waals surface area contributed by atoms with Crippen LogP contribution in [-0.2, 0) is 36.4 Å². The minimum absolute atomic E-state index is 0.151. The van der Waals surface area contributed by atoms with Gasteiger partial charge in [-0.15, -0.1) is 0 Å². The lowest BCUT2D eigenvalue weighted by Gasteiger charge is -2.41.